The molecule has 2 N–H and O–H groups in total. The Morgan fingerprint density at radius 2 is 1.74 bits per heavy atom. The summed E-state index contributed by atoms with van der Waals surface area (Å²) in [6.07, 6.45) is 0. The Balaban J connectivity index is 2.37. The van der Waals surface area contributed by atoms with Gasteiger partial charge in [-0.3, -0.25) is 9.78 Å². The lowest BCUT2D eigenvalue weighted by Crippen LogP contribution is -2.41. The van der Waals surface area contributed by atoms with Gasteiger partial charge in [0.2, 0.25) is 0 Å². The number of hydrogen-bond donors (Lipinski definition) is 1. The Labute approximate surface area is 113 Å². The average Bonchev–Trinajstić information content (AvgIpc) is 2.47. The molecule has 0 spiro atoms. The summed E-state index contributed by atoms with van der Waals surface area (Å²) in [5.41, 5.74) is 6.24. The first-order chi connectivity index (χ1) is 8.62. The Kier molecular flexibility index (Phi) is 3.19. The average molecular weight is 262 g/mol. The van der Waals surface area contributed by atoms with E-state index in [-0.39, 0.29) is 5.78 Å². The number of rotatable bonds is 2. The number of nitrogens with two attached hydrogens (primary N) is 1. The van der Waals surface area contributed by atoms with Crippen LogP contribution in [0, 0.1) is 0 Å². The smallest absolute Gasteiger partial charge is 0.399 e. The molecule has 1 aliphatic heterocycles. The van der Waals surface area contributed by atoms with Gasteiger partial charge in [-0.2, -0.15) is 0 Å². The highest BCUT2D eigenvalue weighted by Crippen LogP contribution is 2.36. The van der Waals surface area contributed by atoms with Gasteiger partial charge >= 0.3 is 7.12 Å². The SMILES string of the molecule is CC(=O)c1cc(N)cc(B2OC(C)(C)C(C)(C)O2)n1. The van der Waals surface area contributed by atoms with E-state index >= 15 is 0 Å². The molecule has 6 heteroatoms. The first kappa shape index (κ1) is 14.0. The van der Waals surface area contributed by atoms with Crippen LogP contribution >= 0.6 is 0 Å². The van der Waals surface area contributed by atoms with E-state index in [2.05, 4.69) is 4.98 Å². The van der Waals surface area contributed by atoms with E-state index in [1.807, 2.05) is 27.7 Å². The zero-order valence-corrected chi connectivity index (χ0v) is 12.0. The van der Waals surface area contributed by atoms with E-state index in [9.17, 15) is 4.79 Å². The van der Waals surface area contributed by atoms with Crippen LogP contribution in [-0.4, -0.2) is 29.1 Å². The molecule has 0 atom stereocenters. The Hall–Kier alpha value is -1.40. The van der Waals surface area contributed by atoms with Crippen molar-refractivity contribution in [1.29, 1.82) is 0 Å². The van der Waals surface area contributed by atoms with E-state index < -0.39 is 18.3 Å². The third-order valence-electron chi connectivity index (χ3n) is 3.72. The van der Waals surface area contributed by atoms with Gasteiger partial charge in [-0.25, -0.2) is 0 Å². The van der Waals surface area contributed by atoms with E-state index in [0.29, 0.717) is 17.0 Å². The summed E-state index contributed by atoms with van der Waals surface area (Å²) in [4.78, 5) is 15.7. The van der Waals surface area contributed by atoms with Gasteiger partial charge in [0.25, 0.3) is 0 Å². The molecule has 0 aromatic carbocycles. The minimum atomic E-state index is -0.605. The van der Waals surface area contributed by atoms with Crippen molar-refractivity contribution in [2.45, 2.75) is 45.8 Å². The minimum absolute atomic E-state index is 0.134. The molecule has 0 saturated carbocycles. The highest BCUT2D eigenvalue weighted by atomic mass is 16.7. The summed E-state index contributed by atoms with van der Waals surface area (Å²) in [6, 6.07) is 3.23. The van der Waals surface area contributed by atoms with Crippen LogP contribution < -0.4 is 11.3 Å². The lowest BCUT2D eigenvalue weighted by Gasteiger charge is -2.32. The summed E-state index contributed by atoms with van der Waals surface area (Å²) in [5, 5.41) is 0. The molecule has 0 aliphatic carbocycles. The van der Waals surface area contributed by atoms with Gasteiger partial charge < -0.3 is 15.0 Å². The molecular weight excluding hydrogens is 243 g/mol. The molecule has 0 radical (unpaired) electrons. The lowest BCUT2D eigenvalue weighted by molar-refractivity contribution is 0.00578. The third-order valence-corrected chi connectivity index (χ3v) is 3.72. The second-order valence-corrected chi connectivity index (χ2v) is 5.86. The standard InChI is InChI=1S/C13H19BN2O3/c1-8(17)10-6-9(15)7-11(16-10)14-18-12(2,3)13(4,5)19-14/h6-7H,1-5H3,(H2,15,16). The van der Waals surface area contributed by atoms with Crippen LogP contribution in [-0.2, 0) is 9.31 Å². The zero-order valence-electron chi connectivity index (χ0n) is 12.0. The Bertz CT molecular complexity index is 513. The zero-order chi connectivity index (χ0) is 14.4. The van der Waals surface area contributed by atoms with Gasteiger partial charge in [0.15, 0.2) is 5.78 Å². The van der Waals surface area contributed by atoms with Gasteiger partial charge in [-0.15, -0.1) is 0 Å². The number of aromatic nitrogens is 1. The molecule has 5 nitrogen and oxygen atoms in total. The van der Waals surface area contributed by atoms with Crippen molar-refractivity contribution < 1.29 is 14.1 Å². The fourth-order valence-electron chi connectivity index (χ4n) is 1.84. The molecule has 0 bridgehead atoms. The van der Waals surface area contributed by atoms with Crippen LogP contribution in [0.1, 0.15) is 45.1 Å². The van der Waals surface area contributed by atoms with Crippen LogP contribution in [0.4, 0.5) is 5.69 Å². The molecular formula is C13H19BN2O3. The molecule has 19 heavy (non-hydrogen) atoms. The number of ketones is 1. The number of anilines is 1. The maximum Gasteiger partial charge on any atom is 0.514 e. The topological polar surface area (TPSA) is 74.4 Å². The van der Waals surface area contributed by atoms with Crippen molar-refractivity contribution in [1.82, 2.24) is 4.98 Å². The molecule has 2 rings (SSSR count). The van der Waals surface area contributed by atoms with Gasteiger partial charge in [-0.1, -0.05) is 0 Å². The molecule has 1 aromatic heterocycles. The highest BCUT2D eigenvalue weighted by molar-refractivity contribution is 6.61. The number of carbonyl (C=O) groups excluding carboxylic acids is 1. The van der Waals surface area contributed by atoms with Gasteiger partial charge in [0, 0.05) is 12.6 Å². The van der Waals surface area contributed by atoms with Crippen molar-refractivity contribution >= 4 is 24.2 Å². The summed E-state index contributed by atoms with van der Waals surface area (Å²) >= 11 is 0. The maximum absolute atomic E-state index is 11.4. The fraction of sp³-hybridized carbons (Fsp3) is 0.538. The summed E-state index contributed by atoms with van der Waals surface area (Å²) < 4.78 is 11.8. The molecule has 2 heterocycles. The highest BCUT2D eigenvalue weighted by Gasteiger charge is 2.52. The molecule has 0 amide bonds. The van der Waals surface area contributed by atoms with Gasteiger partial charge in [0.1, 0.15) is 5.69 Å². The summed E-state index contributed by atoms with van der Waals surface area (Å²) in [5.74, 6) is -0.134. The predicted molar refractivity (Wildman–Crippen MR) is 74.4 cm³/mol. The second kappa shape index (κ2) is 4.32. The molecule has 1 aliphatic rings. The van der Waals surface area contributed by atoms with Gasteiger partial charge in [0.05, 0.1) is 16.8 Å². The number of hydrogen-bond acceptors (Lipinski definition) is 5. The van der Waals surface area contributed by atoms with Crippen molar-refractivity contribution in [3.63, 3.8) is 0 Å². The van der Waals surface area contributed by atoms with Crippen LogP contribution in [0.15, 0.2) is 12.1 Å². The third kappa shape index (κ3) is 2.50. The number of nitrogens with zero attached hydrogens (tertiary/aromatic N) is 1. The van der Waals surface area contributed by atoms with Crippen LogP contribution in [0.2, 0.25) is 0 Å². The van der Waals surface area contributed by atoms with Crippen LogP contribution in [0.25, 0.3) is 0 Å². The largest absolute Gasteiger partial charge is 0.514 e. The molecule has 0 unspecified atom stereocenters. The molecule has 102 valence electrons. The van der Waals surface area contributed by atoms with Gasteiger partial charge in [-0.05, 0) is 39.8 Å². The first-order valence-corrected chi connectivity index (χ1v) is 6.26. The summed E-state index contributed by atoms with van der Waals surface area (Å²) in [6.45, 7) is 9.31. The minimum Gasteiger partial charge on any atom is -0.399 e. The molecule has 1 saturated heterocycles. The van der Waals surface area contributed by atoms with Crippen LogP contribution in [0.5, 0.6) is 0 Å². The van der Waals surface area contributed by atoms with E-state index in [4.69, 9.17) is 15.0 Å². The van der Waals surface area contributed by atoms with E-state index in [1.54, 1.807) is 12.1 Å². The van der Waals surface area contributed by atoms with Crippen molar-refractivity contribution in [2.75, 3.05) is 5.73 Å². The maximum atomic E-state index is 11.4. The Morgan fingerprint density at radius 3 is 2.21 bits per heavy atom. The second-order valence-electron chi connectivity index (χ2n) is 5.86. The monoisotopic (exact) mass is 262 g/mol. The number of Topliss-reactive ketones (excluding diaryl/α,β-unsaturated/α-hetero) is 1. The first-order valence-electron chi connectivity index (χ1n) is 6.26. The van der Waals surface area contributed by atoms with E-state index in [0.717, 1.165) is 0 Å². The van der Waals surface area contributed by atoms with Crippen molar-refractivity contribution in [2.24, 2.45) is 0 Å². The number of pyridine rings is 1. The Morgan fingerprint density at radius 1 is 1.21 bits per heavy atom. The number of nitrogen functional groups attached to an aromatic ring is 1. The fourth-order valence-corrected chi connectivity index (χ4v) is 1.84. The molecule has 1 fully saturated rings. The normalized spacial score (nSPS) is 20.6. The predicted octanol–water partition coefficient (Wildman–Crippen LogP) is 1.17. The van der Waals surface area contributed by atoms with Crippen molar-refractivity contribution in [3.8, 4) is 0 Å². The van der Waals surface area contributed by atoms with E-state index in [1.165, 1.54) is 6.92 Å². The van der Waals surface area contributed by atoms with Crippen molar-refractivity contribution in [3.05, 3.63) is 17.8 Å². The molecule has 1 aromatic rings. The quantitative estimate of drug-likeness (QED) is 0.639. The summed E-state index contributed by atoms with van der Waals surface area (Å²) in [7, 11) is -0.605. The lowest BCUT2D eigenvalue weighted by atomic mass is 9.83. The number of carbonyl (C=O) groups is 1. The van der Waals surface area contributed by atoms with Crippen LogP contribution in [0.3, 0.4) is 0 Å².